The van der Waals surface area contributed by atoms with Crippen LogP contribution in [0.2, 0.25) is 5.02 Å². The molecule has 0 saturated carbocycles. The van der Waals surface area contributed by atoms with E-state index in [2.05, 4.69) is 20.6 Å². The van der Waals surface area contributed by atoms with E-state index in [9.17, 15) is 4.79 Å². The summed E-state index contributed by atoms with van der Waals surface area (Å²) in [4.78, 5) is 19.5. The van der Waals surface area contributed by atoms with Gasteiger partial charge in [0.1, 0.15) is 5.75 Å². The van der Waals surface area contributed by atoms with Gasteiger partial charge >= 0.3 is 6.03 Å². The molecule has 2 amide bonds. The van der Waals surface area contributed by atoms with Crippen molar-refractivity contribution in [1.29, 1.82) is 0 Å². The average Bonchev–Trinajstić information content (AvgIpc) is 2.42. The van der Waals surface area contributed by atoms with Gasteiger partial charge in [-0.25, -0.2) is 9.78 Å². The van der Waals surface area contributed by atoms with Crippen LogP contribution in [0.15, 0.2) is 36.8 Å². The molecule has 0 aliphatic carbocycles. The number of hydrogen-bond acceptors (Lipinski definition) is 4. The Hall–Kier alpha value is -2.34. The number of carbonyl (C=O) groups is 1. The van der Waals surface area contributed by atoms with Gasteiger partial charge in [0.05, 0.1) is 19.0 Å². The third-order valence-corrected chi connectivity index (χ3v) is 2.45. The Balaban J connectivity index is 2.07. The molecule has 0 unspecified atom stereocenters. The summed E-state index contributed by atoms with van der Waals surface area (Å²) in [5.74, 6) is 0.828. The molecule has 0 spiro atoms. The number of urea groups is 1. The highest BCUT2D eigenvalue weighted by molar-refractivity contribution is 6.30. The molecule has 0 fully saturated rings. The minimum absolute atomic E-state index is 0.355. The van der Waals surface area contributed by atoms with Gasteiger partial charge < -0.3 is 10.1 Å². The first-order chi connectivity index (χ1) is 9.19. The number of hydrogen-bond donors (Lipinski definition) is 2. The van der Waals surface area contributed by atoms with Crippen molar-refractivity contribution in [1.82, 2.24) is 9.97 Å². The van der Waals surface area contributed by atoms with E-state index < -0.39 is 6.03 Å². The van der Waals surface area contributed by atoms with E-state index in [0.717, 1.165) is 0 Å². The van der Waals surface area contributed by atoms with Gasteiger partial charge in [0.2, 0.25) is 0 Å². The quantitative estimate of drug-likeness (QED) is 0.905. The zero-order chi connectivity index (χ0) is 13.7. The maximum atomic E-state index is 11.8. The SMILES string of the molecule is COc1cc(Cl)ccc1NC(=O)Nc1cnccn1. The topological polar surface area (TPSA) is 76.1 Å². The summed E-state index contributed by atoms with van der Waals surface area (Å²) < 4.78 is 5.12. The largest absolute Gasteiger partial charge is 0.495 e. The molecule has 0 atom stereocenters. The summed E-state index contributed by atoms with van der Waals surface area (Å²) in [5, 5.41) is 5.70. The van der Waals surface area contributed by atoms with E-state index in [1.54, 1.807) is 18.2 Å². The molecular weight excluding hydrogens is 268 g/mol. The standard InChI is InChI=1S/C12H11ClN4O2/c1-19-10-6-8(13)2-3-9(10)16-12(18)17-11-7-14-4-5-15-11/h2-7H,1H3,(H2,15,16,17,18). The third-order valence-electron chi connectivity index (χ3n) is 2.22. The van der Waals surface area contributed by atoms with Gasteiger partial charge in [0.15, 0.2) is 5.82 Å². The van der Waals surface area contributed by atoms with Crippen LogP contribution in [0.4, 0.5) is 16.3 Å². The van der Waals surface area contributed by atoms with Crippen LogP contribution in [0.3, 0.4) is 0 Å². The van der Waals surface area contributed by atoms with Crippen LogP contribution < -0.4 is 15.4 Å². The summed E-state index contributed by atoms with van der Waals surface area (Å²) >= 11 is 5.84. The van der Waals surface area contributed by atoms with Crippen molar-refractivity contribution in [2.75, 3.05) is 17.7 Å². The number of nitrogens with zero attached hydrogens (tertiary/aromatic N) is 2. The predicted octanol–water partition coefficient (Wildman–Crippen LogP) is 2.78. The Morgan fingerprint density at radius 3 is 2.84 bits per heavy atom. The second-order valence-corrected chi connectivity index (χ2v) is 3.95. The molecule has 2 aromatic rings. The Morgan fingerprint density at radius 2 is 2.16 bits per heavy atom. The van der Waals surface area contributed by atoms with Crippen LogP contribution >= 0.6 is 11.6 Å². The lowest BCUT2D eigenvalue weighted by Crippen LogP contribution is -2.20. The van der Waals surface area contributed by atoms with Crippen LogP contribution in [0.5, 0.6) is 5.75 Å². The number of anilines is 2. The summed E-state index contributed by atoms with van der Waals surface area (Å²) in [6.07, 6.45) is 4.45. The third kappa shape index (κ3) is 3.56. The highest BCUT2D eigenvalue weighted by atomic mass is 35.5. The van der Waals surface area contributed by atoms with Gasteiger partial charge in [-0.05, 0) is 12.1 Å². The van der Waals surface area contributed by atoms with Crippen molar-refractivity contribution in [3.63, 3.8) is 0 Å². The zero-order valence-corrected chi connectivity index (χ0v) is 10.8. The van der Waals surface area contributed by atoms with E-state index in [0.29, 0.717) is 22.3 Å². The monoisotopic (exact) mass is 278 g/mol. The maximum absolute atomic E-state index is 11.8. The average molecular weight is 279 g/mol. The second kappa shape index (κ2) is 6.01. The number of methoxy groups -OCH3 is 1. The molecule has 7 heteroatoms. The van der Waals surface area contributed by atoms with Crippen molar-refractivity contribution in [3.8, 4) is 5.75 Å². The van der Waals surface area contributed by atoms with E-state index in [-0.39, 0.29) is 0 Å². The zero-order valence-electron chi connectivity index (χ0n) is 10.1. The maximum Gasteiger partial charge on any atom is 0.324 e. The molecule has 98 valence electrons. The first-order valence-electron chi connectivity index (χ1n) is 5.36. The van der Waals surface area contributed by atoms with Crippen LogP contribution in [-0.4, -0.2) is 23.1 Å². The molecule has 0 saturated heterocycles. The number of ether oxygens (including phenoxy) is 1. The van der Waals surface area contributed by atoms with Gasteiger partial charge in [-0.2, -0.15) is 0 Å². The van der Waals surface area contributed by atoms with Crippen molar-refractivity contribution in [2.24, 2.45) is 0 Å². The van der Waals surface area contributed by atoms with E-state index in [4.69, 9.17) is 16.3 Å². The Morgan fingerprint density at radius 1 is 1.32 bits per heavy atom. The molecule has 0 bridgehead atoms. The molecule has 1 heterocycles. The molecule has 19 heavy (non-hydrogen) atoms. The molecule has 1 aromatic heterocycles. The molecule has 0 aliphatic heterocycles. The van der Waals surface area contributed by atoms with Crippen LogP contribution in [0.1, 0.15) is 0 Å². The number of carbonyl (C=O) groups excluding carboxylic acids is 1. The molecule has 2 N–H and O–H groups in total. The van der Waals surface area contributed by atoms with Gasteiger partial charge in [0, 0.05) is 23.5 Å². The summed E-state index contributed by atoms with van der Waals surface area (Å²) in [6.45, 7) is 0. The van der Waals surface area contributed by atoms with Crippen LogP contribution in [-0.2, 0) is 0 Å². The first kappa shape index (κ1) is 13.1. The number of nitrogens with one attached hydrogen (secondary N) is 2. The summed E-state index contributed by atoms with van der Waals surface area (Å²) in [6, 6.07) is 4.47. The molecule has 1 aromatic carbocycles. The van der Waals surface area contributed by atoms with Crippen LogP contribution in [0.25, 0.3) is 0 Å². The molecular formula is C12H11ClN4O2. The highest BCUT2D eigenvalue weighted by Gasteiger charge is 2.08. The van der Waals surface area contributed by atoms with E-state index in [1.165, 1.54) is 25.7 Å². The summed E-state index contributed by atoms with van der Waals surface area (Å²) in [7, 11) is 1.50. The van der Waals surface area contributed by atoms with Crippen molar-refractivity contribution >= 4 is 29.1 Å². The number of halogens is 1. The molecule has 0 radical (unpaired) electrons. The van der Waals surface area contributed by atoms with E-state index >= 15 is 0 Å². The minimum atomic E-state index is -0.443. The molecule has 2 rings (SSSR count). The van der Waals surface area contributed by atoms with Crippen molar-refractivity contribution in [3.05, 3.63) is 41.8 Å². The number of aromatic nitrogens is 2. The second-order valence-electron chi connectivity index (χ2n) is 3.51. The normalized spacial score (nSPS) is 9.79. The lowest BCUT2D eigenvalue weighted by atomic mass is 10.3. The Labute approximate surface area is 114 Å². The number of benzene rings is 1. The highest BCUT2D eigenvalue weighted by Crippen LogP contribution is 2.27. The Bertz CT molecular complexity index is 577. The predicted molar refractivity (Wildman–Crippen MR) is 72.7 cm³/mol. The molecule has 6 nitrogen and oxygen atoms in total. The van der Waals surface area contributed by atoms with Gasteiger partial charge in [-0.1, -0.05) is 11.6 Å². The van der Waals surface area contributed by atoms with Crippen LogP contribution in [0, 0.1) is 0 Å². The Kier molecular flexibility index (Phi) is 4.15. The summed E-state index contributed by atoms with van der Waals surface area (Å²) in [5.41, 5.74) is 0.508. The number of rotatable bonds is 3. The lowest BCUT2D eigenvalue weighted by molar-refractivity contribution is 0.262. The molecule has 0 aliphatic rings. The van der Waals surface area contributed by atoms with Gasteiger partial charge in [0.25, 0.3) is 0 Å². The fourth-order valence-electron chi connectivity index (χ4n) is 1.40. The van der Waals surface area contributed by atoms with Crippen molar-refractivity contribution in [2.45, 2.75) is 0 Å². The van der Waals surface area contributed by atoms with Gasteiger partial charge in [-0.15, -0.1) is 0 Å². The lowest BCUT2D eigenvalue weighted by Gasteiger charge is -2.10. The van der Waals surface area contributed by atoms with E-state index in [1.807, 2.05) is 0 Å². The first-order valence-corrected chi connectivity index (χ1v) is 5.74. The minimum Gasteiger partial charge on any atom is -0.495 e. The van der Waals surface area contributed by atoms with Gasteiger partial charge in [-0.3, -0.25) is 10.3 Å². The smallest absolute Gasteiger partial charge is 0.324 e. The number of amides is 2. The van der Waals surface area contributed by atoms with Crippen molar-refractivity contribution < 1.29 is 9.53 Å². The fraction of sp³-hybridized carbons (Fsp3) is 0.0833. The fourth-order valence-corrected chi connectivity index (χ4v) is 1.56.